The number of rotatable bonds is 6. The van der Waals surface area contributed by atoms with Crippen molar-refractivity contribution in [1.82, 2.24) is 0 Å². The van der Waals surface area contributed by atoms with E-state index in [1.54, 1.807) is 0 Å². The van der Waals surface area contributed by atoms with Gasteiger partial charge in [-0.05, 0) is 136 Å². The molecule has 336 valence electrons. The zero-order valence-electron chi connectivity index (χ0n) is 41.5. The maximum Gasteiger partial charge on any atom is 0.0618 e. The summed E-state index contributed by atoms with van der Waals surface area (Å²) in [5.41, 5.74) is 17.9. The largest absolute Gasteiger partial charge is 0.334 e. The standard InChI is InChI=1S/C63H68N2S/c1-41-34-47(40-48(35-41)65-53-31-29-44(59(2,3)4)38-52(53)62(11)32-19-20-33-63(62,65)12)64(54-26-21-27-55-57(54)49-30-28-45(60(5,6)7)39-56(49)66-55)58-50(42-22-15-13-16-23-42)36-46(61(8,9)10)37-51(58)43-24-17-14-18-25-43/h13-18,21-31,34-40H,19-20,32-33H2,1-12H3. The predicted octanol–water partition coefficient (Wildman–Crippen LogP) is 18.8. The van der Waals surface area contributed by atoms with E-state index in [0.717, 1.165) is 6.42 Å². The zero-order chi connectivity index (χ0) is 46.6. The summed E-state index contributed by atoms with van der Waals surface area (Å²) in [6, 6.07) is 56.3. The van der Waals surface area contributed by atoms with E-state index in [-0.39, 0.29) is 27.2 Å². The molecule has 1 aliphatic carbocycles. The molecule has 0 radical (unpaired) electrons. The summed E-state index contributed by atoms with van der Waals surface area (Å²) in [6.07, 6.45) is 4.84. The van der Waals surface area contributed by atoms with Crippen molar-refractivity contribution in [3.8, 4) is 22.3 Å². The molecule has 1 aliphatic heterocycles. The Balaban J connectivity index is 1.32. The molecule has 2 nitrogen and oxygen atoms in total. The molecule has 1 fully saturated rings. The van der Waals surface area contributed by atoms with Crippen molar-refractivity contribution in [1.29, 1.82) is 0 Å². The van der Waals surface area contributed by atoms with Crippen molar-refractivity contribution >= 4 is 59.9 Å². The van der Waals surface area contributed by atoms with E-state index < -0.39 is 0 Å². The van der Waals surface area contributed by atoms with E-state index >= 15 is 0 Å². The molecule has 2 atom stereocenters. The van der Waals surface area contributed by atoms with Crippen LogP contribution in [-0.2, 0) is 21.7 Å². The Morgan fingerprint density at radius 3 is 1.76 bits per heavy atom. The molecular weight excluding hydrogens is 817 g/mol. The molecule has 66 heavy (non-hydrogen) atoms. The molecule has 2 aliphatic rings. The van der Waals surface area contributed by atoms with Crippen molar-refractivity contribution in [3.63, 3.8) is 0 Å². The normalized spacial score (nSPS) is 18.8. The molecule has 0 spiro atoms. The highest BCUT2D eigenvalue weighted by Crippen LogP contribution is 2.62. The number of hydrogen-bond donors (Lipinski definition) is 0. The fraction of sp³-hybridized carbons (Fsp3) is 0.333. The lowest BCUT2D eigenvalue weighted by atomic mass is 9.61. The Bertz CT molecular complexity index is 3070. The Kier molecular flexibility index (Phi) is 10.5. The lowest BCUT2D eigenvalue weighted by Gasteiger charge is -2.50. The topological polar surface area (TPSA) is 6.48 Å². The summed E-state index contributed by atoms with van der Waals surface area (Å²) in [5.74, 6) is 0. The van der Waals surface area contributed by atoms with Gasteiger partial charge in [-0.3, -0.25) is 0 Å². The van der Waals surface area contributed by atoms with Crippen molar-refractivity contribution in [2.75, 3.05) is 9.80 Å². The van der Waals surface area contributed by atoms with E-state index in [2.05, 4.69) is 238 Å². The first kappa shape index (κ1) is 44.2. The minimum atomic E-state index is -0.0902. The monoisotopic (exact) mass is 885 g/mol. The van der Waals surface area contributed by atoms with Crippen LogP contribution in [0.3, 0.4) is 0 Å². The third-order valence-electron chi connectivity index (χ3n) is 15.5. The van der Waals surface area contributed by atoms with Crippen LogP contribution in [0.25, 0.3) is 42.4 Å². The van der Waals surface area contributed by atoms with E-state index in [0.29, 0.717) is 0 Å². The fourth-order valence-corrected chi connectivity index (χ4v) is 12.6. The second-order valence-corrected chi connectivity index (χ2v) is 24.2. The minimum Gasteiger partial charge on any atom is -0.334 e. The van der Waals surface area contributed by atoms with Gasteiger partial charge in [0.25, 0.3) is 0 Å². The third-order valence-corrected chi connectivity index (χ3v) is 16.6. The smallest absolute Gasteiger partial charge is 0.0618 e. The number of nitrogens with zero attached hydrogens (tertiary/aromatic N) is 2. The molecular formula is C63H68N2S. The second-order valence-electron chi connectivity index (χ2n) is 23.1. The van der Waals surface area contributed by atoms with Crippen LogP contribution >= 0.6 is 11.3 Å². The van der Waals surface area contributed by atoms with E-state index in [1.807, 2.05) is 11.3 Å². The fourth-order valence-electron chi connectivity index (χ4n) is 11.4. The number of aryl methyl sites for hydroxylation is 1. The number of hydrogen-bond acceptors (Lipinski definition) is 3. The molecule has 0 N–H and O–H groups in total. The van der Waals surface area contributed by atoms with Gasteiger partial charge in [0.1, 0.15) is 0 Å². The summed E-state index contributed by atoms with van der Waals surface area (Å²) in [6.45, 7) is 28.5. The summed E-state index contributed by atoms with van der Waals surface area (Å²) in [4.78, 5) is 5.43. The Labute approximate surface area is 399 Å². The Morgan fingerprint density at radius 2 is 1.14 bits per heavy atom. The summed E-state index contributed by atoms with van der Waals surface area (Å²) in [5, 5.41) is 2.60. The van der Waals surface area contributed by atoms with Crippen LogP contribution in [0.5, 0.6) is 0 Å². The van der Waals surface area contributed by atoms with Gasteiger partial charge in [-0.25, -0.2) is 0 Å². The van der Waals surface area contributed by atoms with Crippen molar-refractivity contribution in [2.24, 2.45) is 0 Å². The number of anilines is 5. The van der Waals surface area contributed by atoms with Crippen LogP contribution < -0.4 is 9.80 Å². The molecule has 8 aromatic rings. The van der Waals surface area contributed by atoms with Crippen molar-refractivity contribution in [3.05, 3.63) is 173 Å². The highest BCUT2D eigenvalue weighted by atomic mass is 32.1. The molecule has 2 heterocycles. The highest BCUT2D eigenvalue weighted by molar-refractivity contribution is 7.26. The Morgan fingerprint density at radius 1 is 0.545 bits per heavy atom. The quantitative estimate of drug-likeness (QED) is 0.164. The van der Waals surface area contributed by atoms with E-state index in [9.17, 15) is 0 Å². The van der Waals surface area contributed by atoms with Gasteiger partial charge in [0, 0.05) is 53.8 Å². The molecule has 0 amide bonds. The molecule has 0 saturated heterocycles. The van der Waals surface area contributed by atoms with Gasteiger partial charge >= 0.3 is 0 Å². The lowest BCUT2D eigenvalue weighted by Crippen LogP contribution is -2.54. The summed E-state index contributed by atoms with van der Waals surface area (Å²) in [7, 11) is 0. The third kappa shape index (κ3) is 7.28. The second kappa shape index (κ2) is 15.7. The maximum atomic E-state index is 2.77. The van der Waals surface area contributed by atoms with Gasteiger partial charge in [-0.15, -0.1) is 11.3 Å². The van der Waals surface area contributed by atoms with E-state index in [4.69, 9.17) is 0 Å². The average molecular weight is 885 g/mol. The molecule has 1 saturated carbocycles. The minimum absolute atomic E-state index is 0.0161. The van der Waals surface area contributed by atoms with Gasteiger partial charge < -0.3 is 9.80 Å². The first-order valence-corrected chi connectivity index (χ1v) is 25.2. The van der Waals surface area contributed by atoms with Gasteiger partial charge in [0.2, 0.25) is 0 Å². The predicted molar refractivity (Wildman–Crippen MR) is 289 cm³/mol. The first-order valence-electron chi connectivity index (χ1n) is 24.4. The van der Waals surface area contributed by atoms with Gasteiger partial charge in [0.05, 0.1) is 16.9 Å². The van der Waals surface area contributed by atoms with Crippen molar-refractivity contribution in [2.45, 2.75) is 136 Å². The molecule has 7 aromatic carbocycles. The number of fused-ring (bicyclic) bond motifs is 6. The van der Waals surface area contributed by atoms with E-state index in [1.165, 1.54) is 118 Å². The van der Waals surface area contributed by atoms with Crippen LogP contribution in [0.4, 0.5) is 28.4 Å². The number of benzene rings is 7. The summed E-state index contributed by atoms with van der Waals surface area (Å²) < 4.78 is 2.63. The van der Waals surface area contributed by atoms with Crippen LogP contribution in [0, 0.1) is 6.92 Å². The van der Waals surface area contributed by atoms with Crippen LogP contribution in [0.1, 0.15) is 130 Å². The van der Waals surface area contributed by atoms with Crippen LogP contribution in [0.15, 0.2) is 146 Å². The molecule has 2 unspecified atom stereocenters. The van der Waals surface area contributed by atoms with Gasteiger partial charge in [-0.2, -0.15) is 0 Å². The van der Waals surface area contributed by atoms with Crippen LogP contribution in [-0.4, -0.2) is 5.54 Å². The SMILES string of the molecule is Cc1cc(N(c2c(-c3ccccc3)cc(C(C)(C)C)cc2-c2ccccc2)c2cccc3sc4cc(C(C)(C)C)ccc4c23)cc(N2c3ccc(C(C)(C)C)cc3C3(C)CCCCC23C)c1. The molecule has 1 aromatic heterocycles. The highest BCUT2D eigenvalue weighted by Gasteiger charge is 2.58. The van der Waals surface area contributed by atoms with Crippen molar-refractivity contribution < 1.29 is 0 Å². The molecule has 3 heteroatoms. The van der Waals surface area contributed by atoms with Crippen LogP contribution in [0.2, 0.25) is 0 Å². The lowest BCUT2D eigenvalue weighted by molar-refractivity contribution is 0.195. The van der Waals surface area contributed by atoms with Gasteiger partial charge in [-0.1, -0.05) is 173 Å². The molecule has 0 bridgehead atoms. The summed E-state index contributed by atoms with van der Waals surface area (Å²) >= 11 is 1.92. The number of thiophene rings is 1. The zero-order valence-corrected chi connectivity index (χ0v) is 42.3. The molecule has 10 rings (SSSR count). The van der Waals surface area contributed by atoms with Gasteiger partial charge in [0.15, 0.2) is 0 Å². The maximum absolute atomic E-state index is 2.77. The Hall–Kier alpha value is -5.64. The first-order chi connectivity index (χ1) is 31.3. The average Bonchev–Trinajstić information content (AvgIpc) is 3.75.